The summed E-state index contributed by atoms with van der Waals surface area (Å²) in [6.45, 7) is 0. The number of benzene rings is 2. The van der Waals surface area contributed by atoms with Crippen molar-refractivity contribution in [2.75, 3.05) is 4.72 Å². The van der Waals surface area contributed by atoms with Gasteiger partial charge in [0.15, 0.2) is 0 Å². The number of rotatable bonds is 1. The SMILES string of the molecule is SNc1ccc(C#Cc2ccccc2)c(Cl)c1. The molecule has 0 saturated carbocycles. The Morgan fingerprint density at radius 3 is 2.41 bits per heavy atom. The lowest BCUT2D eigenvalue weighted by Gasteiger charge is -2.00. The maximum Gasteiger partial charge on any atom is 0.0583 e. The fourth-order valence-corrected chi connectivity index (χ4v) is 1.71. The summed E-state index contributed by atoms with van der Waals surface area (Å²) in [6, 6.07) is 15.4. The molecule has 1 N–H and O–H groups in total. The number of nitrogens with one attached hydrogen (secondary N) is 1. The molecule has 0 radical (unpaired) electrons. The van der Waals surface area contributed by atoms with Crippen LogP contribution in [-0.2, 0) is 0 Å². The summed E-state index contributed by atoms with van der Waals surface area (Å²) >= 11 is 10.1. The topological polar surface area (TPSA) is 12.0 Å². The van der Waals surface area contributed by atoms with Crippen LogP contribution in [0.5, 0.6) is 0 Å². The van der Waals surface area contributed by atoms with Gasteiger partial charge in [-0.05, 0) is 30.3 Å². The number of anilines is 1. The van der Waals surface area contributed by atoms with Crippen LogP contribution in [0, 0.1) is 11.8 Å². The quantitative estimate of drug-likeness (QED) is 0.583. The molecule has 2 rings (SSSR count). The van der Waals surface area contributed by atoms with Gasteiger partial charge >= 0.3 is 0 Å². The first kappa shape index (κ1) is 11.9. The van der Waals surface area contributed by atoms with Gasteiger partial charge in [-0.2, -0.15) is 0 Å². The molecule has 84 valence electrons. The van der Waals surface area contributed by atoms with E-state index in [1.165, 1.54) is 0 Å². The Balaban J connectivity index is 2.28. The summed E-state index contributed by atoms with van der Waals surface area (Å²) in [5, 5.41) is 0.618. The second-order valence-corrected chi connectivity index (χ2v) is 4.05. The summed E-state index contributed by atoms with van der Waals surface area (Å²) in [6.07, 6.45) is 0. The van der Waals surface area contributed by atoms with Crippen LogP contribution in [0.2, 0.25) is 5.02 Å². The minimum Gasteiger partial charge on any atom is -0.332 e. The van der Waals surface area contributed by atoms with Crippen molar-refractivity contribution in [1.29, 1.82) is 0 Å². The van der Waals surface area contributed by atoms with Gasteiger partial charge in [-0.15, -0.1) is 0 Å². The zero-order valence-corrected chi connectivity index (χ0v) is 10.6. The Bertz CT molecular complexity index is 570. The monoisotopic (exact) mass is 259 g/mol. The largest absolute Gasteiger partial charge is 0.332 e. The van der Waals surface area contributed by atoms with Crippen LogP contribution in [0.25, 0.3) is 0 Å². The zero-order valence-electron chi connectivity index (χ0n) is 8.94. The maximum absolute atomic E-state index is 6.10. The van der Waals surface area contributed by atoms with E-state index in [1.807, 2.05) is 42.5 Å². The van der Waals surface area contributed by atoms with Crippen molar-refractivity contribution in [3.63, 3.8) is 0 Å². The molecular weight excluding hydrogens is 250 g/mol. The third kappa shape index (κ3) is 3.20. The molecule has 0 saturated heterocycles. The highest BCUT2D eigenvalue weighted by Crippen LogP contribution is 2.20. The molecule has 0 heterocycles. The van der Waals surface area contributed by atoms with Crippen molar-refractivity contribution in [2.45, 2.75) is 0 Å². The van der Waals surface area contributed by atoms with E-state index in [4.69, 9.17) is 11.6 Å². The fraction of sp³-hybridized carbons (Fsp3) is 0. The van der Waals surface area contributed by atoms with E-state index >= 15 is 0 Å². The third-order valence-corrected chi connectivity index (χ3v) is 2.78. The Labute approximate surface area is 111 Å². The Morgan fingerprint density at radius 2 is 1.76 bits per heavy atom. The van der Waals surface area contributed by atoms with Gasteiger partial charge in [0, 0.05) is 16.8 Å². The van der Waals surface area contributed by atoms with E-state index in [1.54, 1.807) is 6.07 Å². The second-order valence-electron chi connectivity index (χ2n) is 3.42. The van der Waals surface area contributed by atoms with Crippen molar-refractivity contribution in [3.8, 4) is 11.8 Å². The summed E-state index contributed by atoms with van der Waals surface area (Å²) < 4.78 is 2.73. The fourth-order valence-electron chi connectivity index (χ4n) is 1.35. The second kappa shape index (κ2) is 5.67. The summed E-state index contributed by atoms with van der Waals surface area (Å²) in [4.78, 5) is 0. The van der Waals surface area contributed by atoms with Gasteiger partial charge in [-0.1, -0.05) is 54.5 Å². The van der Waals surface area contributed by atoms with Gasteiger partial charge in [0.05, 0.1) is 5.02 Å². The Hall–Kier alpha value is -1.56. The zero-order chi connectivity index (χ0) is 12.1. The average Bonchev–Trinajstić information content (AvgIpc) is 2.38. The number of thiol groups is 1. The van der Waals surface area contributed by atoms with Crippen molar-refractivity contribution < 1.29 is 0 Å². The van der Waals surface area contributed by atoms with E-state index < -0.39 is 0 Å². The summed E-state index contributed by atoms with van der Waals surface area (Å²) in [5.74, 6) is 6.11. The molecule has 17 heavy (non-hydrogen) atoms. The highest BCUT2D eigenvalue weighted by Gasteiger charge is 1.97. The first-order valence-corrected chi connectivity index (χ1v) is 5.89. The molecule has 0 aliphatic carbocycles. The van der Waals surface area contributed by atoms with Crippen LogP contribution in [0.15, 0.2) is 48.5 Å². The molecule has 0 amide bonds. The van der Waals surface area contributed by atoms with Gasteiger partial charge < -0.3 is 4.72 Å². The maximum atomic E-state index is 6.10. The minimum absolute atomic E-state index is 0.618. The smallest absolute Gasteiger partial charge is 0.0583 e. The lowest BCUT2D eigenvalue weighted by Crippen LogP contribution is -1.83. The molecular formula is C14H10ClNS. The number of hydrogen-bond donors (Lipinski definition) is 2. The van der Waals surface area contributed by atoms with Crippen molar-refractivity contribution in [3.05, 3.63) is 64.7 Å². The molecule has 0 aromatic heterocycles. The molecule has 3 heteroatoms. The van der Waals surface area contributed by atoms with E-state index in [9.17, 15) is 0 Å². The van der Waals surface area contributed by atoms with E-state index in [-0.39, 0.29) is 0 Å². The highest BCUT2D eigenvalue weighted by molar-refractivity contribution is 7.81. The van der Waals surface area contributed by atoms with Crippen molar-refractivity contribution in [1.82, 2.24) is 0 Å². The molecule has 2 aromatic carbocycles. The van der Waals surface area contributed by atoms with Crippen LogP contribution >= 0.6 is 24.4 Å². The van der Waals surface area contributed by atoms with E-state index in [0.717, 1.165) is 16.8 Å². The summed E-state index contributed by atoms with van der Waals surface area (Å²) in [7, 11) is 0. The van der Waals surface area contributed by atoms with E-state index in [0.29, 0.717) is 5.02 Å². The Kier molecular flexibility index (Phi) is 3.98. The van der Waals surface area contributed by atoms with E-state index in [2.05, 4.69) is 29.4 Å². The highest BCUT2D eigenvalue weighted by atomic mass is 35.5. The van der Waals surface area contributed by atoms with Crippen molar-refractivity contribution >= 4 is 30.1 Å². The predicted molar refractivity (Wildman–Crippen MR) is 76.5 cm³/mol. The number of halogens is 1. The van der Waals surface area contributed by atoms with Gasteiger partial charge in [0.1, 0.15) is 0 Å². The molecule has 0 aliphatic heterocycles. The minimum atomic E-state index is 0.618. The average molecular weight is 260 g/mol. The standard InChI is InChI=1S/C14H10ClNS/c15-14-10-13(16-17)9-8-12(14)7-6-11-4-2-1-3-5-11/h1-5,8-10,16-17H. The molecule has 0 aliphatic rings. The van der Waals surface area contributed by atoms with Crippen LogP contribution < -0.4 is 4.72 Å². The van der Waals surface area contributed by atoms with Gasteiger partial charge in [0.2, 0.25) is 0 Å². The third-order valence-electron chi connectivity index (χ3n) is 2.21. The first-order valence-electron chi connectivity index (χ1n) is 5.06. The predicted octanol–water partition coefficient (Wildman–Crippen LogP) is 4.00. The Morgan fingerprint density at radius 1 is 1.00 bits per heavy atom. The first-order chi connectivity index (χ1) is 8.29. The molecule has 1 nitrogen and oxygen atoms in total. The number of hydrogen-bond acceptors (Lipinski definition) is 2. The van der Waals surface area contributed by atoms with Crippen LogP contribution in [0.3, 0.4) is 0 Å². The molecule has 0 atom stereocenters. The normalized spacial score (nSPS) is 9.29. The molecule has 0 bridgehead atoms. The van der Waals surface area contributed by atoms with Gasteiger partial charge in [-0.3, -0.25) is 0 Å². The van der Waals surface area contributed by atoms with Crippen LogP contribution in [-0.4, -0.2) is 0 Å². The van der Waals surface area contributed by atoms with Gasteiger partial charge in [-0.25, -0.2) is 0 Å². The van der Waals surface area contributed by atoms with Gasteiger partial charge in [0.25, 0.3) is 0 Å². The molecule has 0 spiro atoms. The molecule has 0 fully saturated rings. The molecule has 2 aromatic rings. The van der Waals surface area contributed by atoms with Crippen molar-refractivity contribution in [2.24, 2.45) is 0 Å². The van der Waals surface area contributed by atoms with Crippen LogP contribution in [0.4, 0.5) is 5.69 Å². The summed E-state index contributed by atoms with van der Waals surface area (Å²) in [5.41, 5.74) is 2.63. The lowest BCUT2D eigenvalue weighted by molar-refractivity contribution is 1.61. The lowest BCUT2D eigenvalue weighted by atomic mass is 10.2. The van der Waals surface area contributed by atoms with Crippen LogP contribution in [0.1, 0.15) is 11.1 Å². The molecule has 0 unspecified atom stereocenters.